The van der Waals surface area contributed by atoms with E-state index in [1.807, 2.05) is 6.08 Å². The zero-order valence-electron chi connectivity index (χ0n) is 6.61. The van der Waals surface area contributed by atoms with Gasteiger partial charge in [-0.2, -0.15) is 0 Å². The molecule has 0 aromatic rings. The van der Waals surface area contributed by atoms with E-state index in [0.29, 0.717) is 0 Å². The Labute approximate surface area is 60.1 Å². The molecule has 0 amide bonds. The lowest BCUT2D eigenvalue weighted by Crippen LogP contribution is -2.21. The first-order chi connectivity index (χ1) is 4.06. The van der Waals surface area contributed by atoms with E-state index >= 15 is 0 Å². The van der Waals surface area contributed by atoms with Crippen molar-refractivity contribution in [1.29, 1.82) is 0 Å². The van der Waals surface area contributed by atoms with Crippen LogP contribution >= 0.6 is 0 Å². The van der Waals surface area contributed by atoms with Crippen molar-refractivity contribution in [2.45, 2.75) is 32.4 Å². The second-order valence-corrected chi connectivity index (χ2v) is 4.31. The van der Waals surface area contributed by atoms with Crippen LogP contribution in [-0.4, -0.2) is 15.4 Å². The van der Waals surface area contributed by atoms with Gasteiger partial charge in [0.05, 0.1) is 0 Å². The summed E-state index contributed by atoms with van der Waals surface area (Å²) < 4.78 is 5.54. The van der Waals surface area contributed by atoms with Crippen molar-refractivity contribution in [2.24, 2.45) is 0 Å². The van der Waals surface area contributed by atoms with Crippen LogP contribution in [0.3, 0.4) is 0 Å². The topological polar surface area (TPSA) is 9.23 Å². The van der Waals surface area contributed by atoms with E-state index in [9.17, 15) is 0 Å². The van der Waals surface area contributed by atoms with Gasteiger partial charge in [0.15, 0.2) is 9.76 Å². The van der Waals surface area contributed by atoms with Crippen LogP contribution in [0.1, 0.15) is 20.8 Å². The van der Waals surface area contributed by atoms with Crippen LogP contribution in [0.4, 0.5) is 0 Å². The quantitative estimate of drug-likeness (QED) is 0.331. The molecule has 0 aliphatic carbocycles. The second kappa shape index (κ2) is 3.85. The van der Waals surface area contributed by atoms with Crippen molar-refractivity contribution >= 4 is 9.76 Å². The zero-order chi connectivity index (χ0) is 7.33. The van der Waals surface area contributed by atoms with Crippen LogP contribution in [0, 0.1) is 0 Å². The van der Waals surface area contributed by atoms with Gasteiger partial charge in [-0.3, -0.25) is 0 Å². The molecule has 0 heterocycles. The fraction of sp³-hybridized carbons (Fsp3) is 0.714. The third kappa shape index (κ3) is 7.92. The minimum atomic E-state index is -0.311. The minimum Gasteiger partial charge on any atom is -0.419 e. The van der Waals surface area contributed by atoms with Gasteiger partial charge >= 0.3 is 0 Å². The minimum absolute atomic E-state index is 0.0647. The first kappa shape index (κ1) is 8.92. The van der Waals surface area contributed by atoms with Crippen LogP contribution in [0.25, 0.3) is 0 Å². The zero-order valence-corrected chi connectivity index (χ0v) is 8.02. The second-order valence-electron chi connectivity index (χ2n) is 3.04. The summed E-state index contributed by atoms with van der Waals surface area (Å²) in [7, 11) is -0.311. The van der Waals surface area contributed by atoms with Gasteiger partial charge < -0.3 is 4.43 Å². The van der Waals surface area contributed by atoms with Gasteiger partial charge in [0.2, 0.25) is 0 Å². The van der Waals surface area contributed by atoms with Crippen molar-refractivity contribution in [3.05, 3.63) is 12.7 Å². The summed E-state index contributed by atoms with van der Waals surface area (Å²) >= 11 is 0. The summed E-state index contributed by atoms with van der Waals surface area (Å²) in [6, 6.07) is 1.08. The molecular weight excluding hydrogens is 128 g/mol. The SMILES string of the molecule is C=CC[SiH2]OC(C)(C)C. The largest absolute Gasteiger partial charge is 0.419 e. The third-order valence-electron chi connectivity index (χ3n) is 0.857. The first-order valence-electron chi connectivity index (χ1n) is 3.31. The lowest BCUT2D eigenvalue weighted by Gasteiger charge is -2.19. The lowest BCUT2D eigenvalue weighted by atomic mass is 10.2. The molecule has 0 atom stereocenters. The van der Waals surface area contributed by atoms with E-state index in [4.69, 9.17) is 4.43 Å². The Kier molecular flexibility index (Phi) is 3.82. The molecular formula is C7H16OSi. The molecule has 0 N–H and O–H groups in total. The summed E-state index contributed by atoms with van der Waals surface area (Å²) in [6.45, 7) is 9.89. The number of hydrogen-bond acceptors (Lipinski definition) is 1. The van der Waals surface area contributed by atoms with Crippen LogP contribution in [0.2, 0.25) is 6.04 Å². The Bertz CT molecular complexity index is 83.4. The summed E-state index contributed by atoms with van der Waals surface area (Å²) in [5.74, 6) is 0. The summed E-state index contributed by atoms with van der Waals surface area (Å²) in [4.78, 5) is 0. The molecule has 9 heavy (non-hydrogen) atoms. The van der Waals surface area contributed by atoms with Crippen molar-refractivity contribution in [2.75, 3.05) is 0 Å². The molecule has 0 aliphatic heterocycles. The van der Waals surface area contributed by atoms with E-state index < -0.39 is 0 Å². The Morgan fingerprint density at radius 2 is 2.11 bits per heavy atom. The van der Waals surface area contributed by atoms with Gasteiger partial charge in [0.25, 0.3) is 0 Å². The fourth-order valence-electron chi connectivity index (χ4n) is 0.448. The van der Waals surface area contributed by atoms with Crippen molar-refractivity contribution in [3.8, 4) is 0 Å². The van der Waals surface area contributed by atoms with Gasteiger partial charge in [-0.25, -0.2) is 0 Å². The Morgan fingerprint density at radius 1 is 1.56 bits per heavy atom. The molecule has 0 aromatic carbocycles. The summed E-state index contributed by atoms with van der Waals surface area (Å²) in [5.41, 5.74) is 0.0647. The summed E-state index contributed by atoms with van der Waals surface area (Å²) in [6.07, 6.45) is 1.93. The highest BCUT2D eigenvalue weighted by molar-refractivity contribution is 6.28. The van der Waals surface area contributed by atoms with E-state index in [0.717, 1.165) is 6.04 Å². The molecule has 0 aliphatic rings. The molecule has 0 spiro atoms. The Morgan fingerprint density at radius 3 is 2.44 bits per heavy atom. The Hall–Kier alpha value is -0.0831. The molecule has 1 nitrogen and oxygen atoms in total. The lowest BCUT2D eigenvalue weighted by molar-refractivity contribution is 0.139. The average molecular weight is 144 g/mol. The van der Waals surface area contributed by atoms with Gasteiger partial charge in [0, 0.05) is 5.60 Å². The van der Waals surface area contributed by atoms with Crippen LogP contribution in [0.15, 0.2) is 12.7 Å². The highest BCUT2D eigenvalue weighted by Crippen LogP contribution is 2.05. The number of allylic oxidation sites excluding steroid dienone is 1. The maximum atomic E-state index is 5.54. The highest BCUT2D eigenvalue weighted by atomic mass is 28.2. The highest BCUT2D eigenvalue weighted by Gasteiger charge is 2.07. The molecule has 0 bridgehead atoms. The van der Waals surface area contributed by atoms with E-state index in [1.54, 1.807) is 0 Å². The summed E-state index contributed by atoms with van der Waals surface area (Å²) in [5, 5.41) is 0. The molecule has 0 radical (unpaired) electrons. The first-order valence-corrected chi connectivity index (χ1v) is 4.89. The standard InChI is InChI=1S/C7H16OSi/c1-5-6-9-8-7(2,3)4/h5H,1,6,9H2,2-4H3. The van der Waals surface area contributed by atoms with Gasteiger partial charge in [-0.05, 0) is 26.8 Å². The van der Waals surface area contributed by atoms with E-state index in [-0.39, 0.29) is 15.4 Å². The van der Waals surface area contributed by atoms with E-state index in [2.05, 4.69) is 27.4 Å². The van der Waals surface area contributed by atoms with Crippen LogP contribution < -0.4 is 0 Å². The van der Waals surface area contributed by atoms with Crippen molar-refractivity contribution < 1.29 is 4.43 Å². The Balaban J connectivity index is 3.17. The van der Waals surface area contributed by atoms with Crippen LogP contribution in [-0.2, 0) is 4.43 Å². The number of rotatable bonds is 3. The predicted molar refractivity (Wildman–Crippen MR) is 44.4 cm³/mol. The average Bonchev–Trinajstić information content (AvgIpc) is 1.63. The monoisotopic (exact) mass is 144 g/mol. The van der Waals surface area contributed by atoms with E-state index in [1.165, 1.54) is 0 Å². The molecule has 0 fully saturated rings. The molecule has 54 valence electrons. The van der Waals surface area contributed by atoms with Gasteiger partial charge in [-0.15, -0.1) is 6.58 Å². The normalized spacial score (nSPS) is 12.8. The number of hydrogen-bond donors (Lipinski definition) is 0. The fourth-order valence-corrected chi connectivity index (χ4v) is 1.35. The third-order valence-corrected chi connectivity index (χ3v) is 2.57. The molecule has 0 unspecified atom stereocenters. The molecule has 2 heteroatoms. The van der Waals surface area contributed by atoms with Gasteiger partial charge in [-0.1, -0.05) is 6.08 Å². The van der Waals surface area contributed by atoms with Crippen molar-refractivity contribution in [1.82, 2.24) is 0 Å². The molecule has 0 rings (SSSR count). The smallest absolute Gasteiger partial charge is 0.165 e. The maximum Gasteiger partial charge on any atom is 0.165 e. The molecule has 0 aromatic heterocycles. The maximum absolute atomic E-state index is 5.54. The van der Waals surface area contributed by atoms with Crippen LogP contribution in [0.5, 0.6) is 0 Å². The van der Waals surface area contributed by atoms with Gasteiger partial charge in [0.1, 0.15) is 0 Å². The molecule has 0 saturated carbocycles. The molecule has 0 saturated heterocycles. The predicted octanol–water partition coefficient (Wildman–Crippen LogP) is 1.49. The van der Waals surface area contributed by atoms with Crippen molar-refractivity contribution in [3.63, 3.8) is 0 Å².